The van der Waals surface area contributed by atoms with Gasteiger partial charge >= 0.3 is 0 Å². The molecule has 0 radical (unpaired) electrons. The largest absolute Gasteiger partial charge is 0.466 e. The zero-order chi connectivity index (χ0) is 11.1. The molecule has 0 aliphatic carbocycles. The molecule has 2 atom stereocenters. The molecule has 3 heteroatoms. The van der Waals surface area contributed by atoms with E-state index in [2.05, 4.69) is 0 Å². The second-order valence-electron chi connectivity index (χ2n) is 4.74. The molecule has 0 spiro atoms. The van der Waals surface area contributed by atoms with Gasteiger partial charge in [0.1, 0.15) is 23.9 Å². The van der Waals surface area contributed by atoms with Gasteiger partial charge in [-0.1, -0.05) is 0 Å². The van der Waals surface area contributed by atoms with Gasteiger partial charge in [0, 0.05) is 0 Å². The van der Waals surface area contributed by atoms with Crippen molar-refractivity contribution >= 4 is 6.29 Å². The molecule has 1 saturated heterocycles. The van der Waals surface area contributed by atoms with Gasteiger partial charge in [-0.3, -0.25) is 0 Å². The predicted octanol–water partition coefficient (Wildman–Crippen LogP) is 2.44. The van der Waals surface area contributed by atoms with Gasteiger partial charge in [-0.15, -0.1) is 0 Å². The zero-order valence-electron chi connectivity index (χ0n) is 9.32. The van der Waals surface area contributed by atoms with Crippen LogP contribution in [-0.4, -0.2) is 18.0 Å². The number of aldehydes is 1. The lowest BCUT2D eigenvalue weighted by molar-refractivity contribution is -0.121. The molecule has 1 unspecified atom stereocenters. The highest BCUT2D eigenvalue weighted by atomic mass is 16.5. The summed E-state index contributed by atoms with van der Waals surface area (Å²) >= 11 is 0. The zero-order valence-corrected chi connectivity index (χ0v) is 9.32. The molecule has 0 aromatic carbocycles. The minimum absolute atomic E-state index is 0.0613. The predicted molar refractivity (Wildman–Crippen MR) is 55.8 cm³/mol. The molecule has 1 aromatic heterocycles. The minimum Gasteiger partial charge on any atom is -0.466 e. The second kappa shape index (κ2) is 3.49. The van der Waals surface area contributed by atoms with Crippen molar-refractivity contribution in [3.63, 3.8) is 0 Å². The summed E-state index contributed by atoms with van der Waals surface area (Å²) in [6.45, 7) is 5.90. The van der Waals surface area contributed by atoms with E-state index in [0.717, 1.165) is 24.2 Å². The Kier molecular flexibility index (Phi) is 2.43. The molecular formula is C12H16O3. The first-order chi connectivity index (χ1) is 7.02. The SMILES string of the molecule is Cc1ccc([C@@H]2CC(C)(C)OC2C=O)o1. The average Bonchev–Trinajstić information content (AvgIpc) is 2.69. The van der Waals surface area contributed by atoms with Gasteiger partial charge in [-0.2, -0.15) is 0 Å². The first-order valence-electron chi connectivity index (χ1n) is 5.21. The molecule has 82 valence electrons. The van der Waals surface area contributed by atoms with Gasteiger partial charge in [-0.25, -0.2) is 0 Å². The fraction of sp³-hybridized carbons (Fsp3) is 0.583. The van der Waals surface area contributed by atoms with E-state index in [4.69, 9.17) is 9.15 Å². The summed E-state index contributed by atoms with van der Waals surface area (Å²) in [6, 6.07) is 3.85. The van der Waals surface area contributed by atoms with Crippen LogP contribution in [0.1, 0.15) is 37.7 Å². The molecule has 0 amide bonds. The van der Waals surface area contributed by atoms with Crippen molar-refractivity contribution in [3.8, 4) is 0 Å². The van der Waals surface area contributed by atoms with Gasteiger partial charge in [0.25, 0.3) is 0 Å². The van der Waals surface area contributed by atoms with Crippen molar-refractivity contribution < 1.29 is 13.9 Å². The third kappa shape index (κ3) is 1.97. The first kappa shape index (κ1) is 10.4. The molecular weight excluding hydrogens is 192 g/mol. The maximum Gasteiger partial charge on any atom is 0.149 e. The highest BCUT2D eigenvalue weighted by Crippen LogP contribution is 2.40. The van der Waals surface area contributed by atoms with Crippen LogP contribution >= 0.6 is 0 Å². The quantitative estimate of drug-likeness (QED) is 0.701. The summed E-state index contributed by atoms with van der Waals surface area (Å²) in [5, 5.41) is 0. The Balaban J connectivity index is 2.25. The summed E-state index contributed by atoms with van der Waals surface area (Å²) in [7, 11) is 0. The van der Waals surface area contributed by atoms with Crippen LogP contribution in [0.4, 0.5) is 0 Å². The van der Waals surface area contributed by atoms with E-state index in [1.807, 2.05) is 32.9 Å². The van der Waals surface area contributed by atoms with E-state index in [1.165, 1.54) is 0 Å². The van der Waals surface area contributed by atoms with Gasteiger partial charge in [0.05, 0.1) is 11.5 Å². The number of aryl methyl sites for hydroxylation is 1. The van der Waals surface area contributed by atoms with Crippen LogP contribution < -0.4 is 0 Å². The Hall–Kier alpha value is -1.09. The molecule has 3 nitrogen and oxygen atoms in total. The molecule has 1 aromatic rings. The summed E-state index contributed by atoms with van der Waals surface area (Å²) in [6.07, 6.45) is 1.33. The number of rotatable bonds is 2. The van der Waals surface area contributed by atoms with E-state index >= 15 is 0 Å². The number of ether oxygens (including phenoxy) is 1. The molecule has 0 N–H and O–H groups in total. The van der Waals surface area contributed by atoms with Crippen molar-refractivity contribution in [2.45, 2.75) is 44.8 Å². The molecule has 2 rings (SSSR count). The lowest BCUT2D eigenvalue weighted by Crippen LogP contribution is -2.20. The monoisotopic (exact) mass is 208 g/mol. The van der Waals surface area contributed by atoms with E-state index in [-0.39, 0.29) is 17.6 Å². The maximum absolute atomic E-state index is 10.9. The lowest BCUT2D eigenvalue weighted by Gasteiger charge is -2.16. The normalized spacial score (nSPS) is 29.3. The minimum atomic E-state index is -0.370. The summed E-state index contributed by atoms with van der Waals surface area (Å²) in [4.78, 5) is 10.9. The fourth-order valence-corrected chi connectivity index (χ4v) is 2.18. The summed E-state index contributed by atoms with van der Waals surface area (Å²) in [5.41, 5.74) is -0.239. The fourth-order valence-electron chi connectivity index (χ4n) is 2.18. The molecule has 15 heavy (non-hydrogen) atoms. The van der Waals surface area contributed by atoms with Crippen molar-refractivity contribution in [3.05, 3.63) is 23.7 Å². The van der Waals surface area contributed by atoms with Crippen LogP contribution in [0.3, 0.4) is 0 Å². The Bertz CT molecular complexity index is 365. The smallest absolute Gasteiger partial charge is 0.149 e. The third-order valence-corrected chi connectivity index (χ3v) is 2.82. The maximum atomic E-state index is 10.9. The Morgan fingerprint density at radius 2 is 2.20 bits per heavy atom. The highest BCUT2D eigenvalue weighted by Gasteiger charge is 2.42. The van der Waals surface area contributed by atoms with E-state index in [9.17, 15) is 4.79 Å². The first-order valence-corrected chi connectivity index (χ1v) is 5.21. The number of furan rings is 1. The van der Waals surface area contributed by atoms with Crippen LogP contribution in [0, 0.1) is 6.92 Å². The molecule has 1 fully saturated rings. The average molecular weight is 208 g/mol. The summed E-state index contributed by atoms with van der Waals surface area (Å²) < 4.78 is 11.2. The van der Waals surface area contributed by atoms with Gasteiger partial charge in [0.15, 0.2) is 0 Å². The van der Waals surface area contributed by atoms with E-state index in [0.29, 0.717) is 0 Å². The lowest BCUT2D eigenvalue weighted by atomic mass is 9.92. The molecule has 0 saturated carbocycles. The standard InChI is InChI=1S/C12H16O3/c1-8-4-5-10(14-8)9-6-12(2,3)15-11(9)7-13/h4-5,7,9,11H,6H2,1-3H3/t9-,11?/m0/s1. The Labute approximate surface area is 89.4 Å². The molecule has 2 heterocycles. The Morgan fingerprint density at radius 1 is 1.47 bits per heavy atom. The number of hydrogen-bond donors (Lipinski definition) is 0. The van der Waals surface area contributed by atoms with Gasteiger partial charge in [0.2, 0.25) is 0 Å². The van der Waals surface area contributed by atoms with E-state index in [1.54, 1.807) is 0 Å². The topological polar surface area (TPSA) is 39.4 Å². The number of hydrogen-bond acceptors (Lipinski definition) is 3. The van der Waals surface area contributed by atoms with Crippen LogP contribution in [0.5, 0.6) is 0 Å². The van der Waals surface area contributed by atoms with Crippen LogP contribution in [0.2, 0.25) is 0 Å². The third-order valence-electron chi connectivity index (χ3n) is 2.82. The molecule has 1 aliphatic rings. The van der Waals surface area contributed by atoms with Crippen molar-refractivity contribution in [1.82, 2.24) is 0 Å². The van der Waals surface area contributed by atoms with Crippen LogP contribution in [0.25, 0.3) is 0 Å². The Morgan fingerprint density at radius 3 is 2.73 bits per heavy atom. The summed E-state index contributed by atoms with van der Waals surface area (Å²) in [5.74, 6) is 1.79. The van der Waals surface area contributed by atoms with Gasteiger partial charge in [-0.05, 0) is 39.3 Å². The van der Waals surface area contributed by atoms with Crippen molar-refractivity contribution in [2.24, 2.45) is 0 Å². The highest BCUT2D eigenvalue weighted by molar-refractivity contribution is 5.59. The number of carbonyl (C=O) groups excluding carboxylic acids is 1. The second-order valence-corrected chi connectivity index (χ2v) is 4.74. The number of carbonyl (C=O) groups is 1. The van der Waals surface area contributed by atoms with Crippen LogP contribution in [0.15, 0.2) is 16.5 Å². The van der Waals surface area contributed by atoms with E-state index < -0.39 is 0 Å². The van der Waals surface area contributed by atoms with Crippen molar-refractivity contribution in [1.29, 1.82) is 0 Å². The van der Waals surface area contributed by atoms with Crippen LogP contribution in [-0.2, 0) is 9.53 Å². The van der Waals surface area contributed by atoms with Gasteiger partial charge < -0.3 is 13.9 Å². The molecule has 1 aliphatic heterocycles. The molecule has 0 bridgehead atoms. The van der Waals surface area contributed by atoms with Crippen molar-refractivity contribution in [2.75, 3.05) is 0 Å².